The van der Waals surface area contributed by atoms with Crippen molar-refractivity contribution in [2.24, 2.45) is 0 Å². The van der Waals surface area contributed by atoms with E-state index in [-0.39, 0.29) is 19.0 Å². The number of carboxylic acids is 1. The first-order valence-corrected chi connectivity index (χ1v) is 7.22. The Bertz CT molecular complexity index is 667. The highest BCUT2D eigenvalue weighted by atomic mass is 32.1. The SMILES string of the molecule is O=C1CN(Cc2csc3ccccc23)C(C(=O)O)CN1. The molecule has 1 amide bonds. The van der Waals surface area contributed by atoms with Crippen LogP contribution in [-0.4, -0.2) is 41.0 Å². The number of nitrogens with one attached hydrogen (secondary N) is 1. The molecule has 0 spiro atoms. The molecule has 0 aliphatic carbocycles. The summed E-state index contributed by atoms with van der Waals surface area (Å²) >= 11 is 1.64. The molecule has 104 valence electrons. The van der Waals surface area contributed by atoms with Gasteiger partial charge in [0.15, 0.2) is 0 Å². The molecule has 1 aliphatic rings. The Kier molecular flexibility index (Phi) is 3.42. The number of amides is 1. The molecular formula is C14H14N2O3S. The van der Waals surface area contributed by atoms with Gasteiger partial charge >= 0.3 is 5.97 Å². The molecule has 1 saturated heterocycles. The lowest BCUT2D eigenvalue weighted by Gasteiger charge is -2.32. The number of carbonyl (C=O) groups excluding carboxylic acids is 1. The lowest BCUT2D eigenvalue weighted by molar-refractivity contribution is -0.146. The molecule has 6 heteroatoms. The fraction of sp³-hybridized carbons (Fsp3) is 0.286. The summed E-state index contributed by atoms with van der Waals surface area (Å²) in [6.07, 6.45) is 0. The van der Waals surface area contributed by atoms with E-state index < -0.39 is 12.0 Å². The summed E-state index contributed by atoms with van der Waals surface area (Å²) in [6.45, 7) is 0.770. The summed E-state index contributed by atoms with van der Waals surface area (Å²) in [5.41, 5.74) is 1.08. The van der Waals surface area contributed by atoms with Crippen LogP contribution in [0.15, 0.2) is 29.6 Å². The number of fused-ring (bicyclic) bond motifs is 1. The van der Waals surface area contributed by atoms with Crippen LogP contribution in [0.2, 0.25) is 0 Å². The second-order valence-corrected chi connectivity index (χ2v) is 5.73. The van der Waals surface area contributed by atoms with Crippen LogP contribution in [0.3, 0.4) is 0 Å². The lowest BCUT2D eigenvalue weighted by Crippen LogP contribution is -2.56. The molecule has 2 aromatic rings. The number of benzene rings is 1. The van der Waals surface area contributed by atoms with E-state index in [4.69, 9.17) is 0 Å². The minimum atomic E-state index is -0.899. The Hall–Kier alpha value is -1.92. The third kappa shape index (κ3) is 2.39. The Labute approximate surface area is 119 Å². The molecule has 0 bridgehead atoms. The smallest absolute Gasteiger partial charge is 0.322 e. The van der Waals surface area contributed by atoms with Gasteiger partial charge in [-0.3, -0.25) is 14.5 Å². The average Bonchev–Trinajstić information content (AvgIpc) is 2.82. The maximum atomic E-state index is 11.5. The molecule has 2 heterocycles. The lowest BCUT2D eigenvalue weighted by atomic mass is 10.1. The number of hydrogen-bond donors (Lipinski definition) is 2. The van der Waals surface area contributed by atoms with E-state index in [1.807, 2.05) is 29.6 Å². The molecule has 1 aliphatic heterocycles. The van der Waals surface area contributed by atoms with Crippen LogP contribution in [-0.2, 0) is 16.1 Å². The molecule has 2 N–H and O–H groups in total. The van der Waals surface area contributed by atoms with Gasteiger partial charge in [-0.1, -0.05) is 18.2 Å². The van der Waals surface area contributed by atoms with Gasteiger partial charge in [0.1, 0.15) is 6.04 Å². The first kappa shape index (κ1) is 13.1. The number of rotatable bonds is 3. The van der Waals surface area contributed by atoms with E-state index in [1.54, 1.807) is 16.2 Å². The van der Waals surface area contributed by atoms with E-state index in [0.717, 1.165) is 10.9 Å². The summed E-state index contributed by atoms with van der Waals surface area (Å²) in [6, 6.07) is 7.36. The molecular weight excluding hydrogens is 276 g/mol. The first-order chi connectivity index (χ1) is 9.65. The third-order valence-electron chi connectivity index (χ3n) is 3.50. The van der Waals surface area contributed by atoms with Crippen LogP contribution < -0.4 is 5.32 Å². The predicted molar refractivity (Wildman–Crippen MR) is 76.7 cm³/mol. The molecule has 1 unspecified atom stereocenters. The zero-order valence-corrected chi connectivity index (χ0v) is 11.5. The second-order valence-electron chi connectivity index (χ2n) is 4.82. The third-order valence-corrected chi connectivity index (χ3v) is 4.51. The van der Waals surface area contributed by atoms with Gasteiger partial charge in [-0.15, -0.1) is 11.3 Å². The molecule has 20 heavy (non-hydrogen) atoms. The molecule has 1 fully saturated rings. The Balaban J connectivity index is 1.87. The minimum absolute atomic E-state index is 0.123. The van der Waals surface area contributed by atoms with Crippen LogP contribution in [0.4, 0.5) is 0 Å². The quantitative estimate of drug-likeness (QED) is 0.893. The second kappa shape index (κ2) is 5.22. The summed E-state index contributed by atoms with van der Waals surface area (Å²) in [5.74, 6) is -1.02. The van der Waals surface area contributed by atoms with E-state index in [2.05, 4.69) is 5.32 Å². The number of thiophene rings is 1. The molecule has 0 saturated carbocycles. The molecule has 3 rings (SSSR count). The van der Waals surface area contributed by atoms with E-state index in [9.17, 15) is 14.7 Å². The summed E-state index contributed by atoms with van der Waals surface area (Å²) in [4.78, 5) is 24.5. The van der Waals surface area contributed by atoms with Crippen molar-refractivity contribution in [3.05, 3.63) is 35.2 Å². The highest BCUT2D eigenvalue weighted by Crippen LogP contribution is 2.27. The largest absolute Gasteiger partial charge is 0.480 e. The number of nitrogens with zero attached hydrogens (tertiary/aromatic N) is 1. The maximum Gasteiger partial charge on any atom is 0.322 e. The number of piperazine rings is 1. The van der Waals surface area contributed by atoms with Gasteiger partial charge in [0.05, 0.1) is 6.54 Å². The standard InChI is InChI=1S/C14H14N2O3S/c17-13-7-16(11(5-15-13)14(18)19)6-9-8-20-12-4-2-1-3-10(9)12/h1-4,8,11H,5-7H2,(H,15,17)(H,18,19). The van der Waals surface area contributed by atoms with Gasteiger partial charge in [0.25, 0.3) is 0 Å². The van der Waals surface area contributed by atoms with Crippen LogP contribution in [0, 0.1) is 0 Å². The van der Waals surface area contributed by atoms with Gasteiger partial charge in [0.2, 0.25) is 5.91 Å². The Morgan fingerprint density at radius 1 is 1.45 bits per heavy atom. The van der Waals surface area contributed by atoms with Crippen LogP contribution >= 0.6 is 11.3 Å². The number of carbonyl (C=O) groups is 2. The Morgan fingerprint density at radius 2 is 2.25 bits per heavy atom. The summed E-state index contributed by atoms with van der Waals surface area (Å²) in [7, 11) is 0. The summed E-state index contributed by atoms with van der Waals surface area (Å²) < 4.78 is 1.18. The minimum Gasteiger partial charge on any atom is -0.480 e. The molecule has 0 radical (unpaired) electrons. The van der Waals surface area contributed by atoms with Gasteiger partial charge < -0.3 is 10.4 Å². The van der Waals surface area contributed by atoms with Gasteiger partial charge in [0, 0.05) is 17.8 Å². The van der Waals surface area contributed by atoms with Crippen molar-refractivity contribution in [1.82, 2.24) is 10.2 Å². The van der Waals surface area contributed by atoms with E-state index >= 15 is 0 Å². The van der Waals surface area contributed by atoms with Gasteiger partial charge in [-0.25, -0.2) is 0 Å². The van der Waals surface area contributed by atoms with Crippen molar-refractivity contribution in [1.29, 1.82) is 0 Å². The fourth-order valence-corrected chi connectivity index (χ4v) is 3.43. The van der Waals surface area contributed by atoms with Crippen molar-refractivity contribution in [3.63, 3.8) is 0 Å². The average molecular weight is 290 g/mol. The zero-order valence-electron chi connectivity index (χ0n) is 10.7. The molecule has 1 atom stereocenters. The maximum absolute atomic E-state index is 11.5. The summed E-state index contributed by atoms with van der Waals surface area (Å²) in [5, 5.41) is 15.0. The van der Waals surface area contributed by atoms with Gasteiger partial charge in [-0.2, -0.15) is 0 Å². The first-order valence-electron chi connectivity index (χ1n) is 6.34. The fourth-order valence-electron chi connectivity index (χ4n) is 2.47. The Morgan fingerprint density at radius 3 is 3.05 bits per heavy atom. The number of aliphatic carboxylic acids is 1. The van der Waals surface area contributed by atoms with Crippen LogP contribution in [0.25, 0.3) is 10.1 Å². The van der Waals surface area contributed by atoms with E-state index in [1.165, 1.54) is 4.70 Å². The van der Waals surface area contributed by atoms with Crippen molar-refractivity contribution in [2.45, 2.75) is 12.6 Å². The molecule has 1 aromatic heterocycles. The highest BCUT2D eigenvalue weighted by Gasteiger charge is 2.32. The zero-order chi connectivity index (χ0) is 14.1. The number of hydrogen-bond acceptors (Lipinski definition) is 4. The number of carboxylic acid groups (broad SMARTS) is 1. The highest BCUT2D eigenvalue weighted by molar-refractivity contribution is 7.17. The van der Waals surface area contributed by atoms with Crippen molar-refractivity contribution >= 4 is 33.3 Å². The van der Waals surface area contributed by atoms with Crippen LogP contribution in [0.1, 0.15) is 5.56 Å². The predicted octanol–water partition coefficient (Wildman–Crippen LogP) is 1.29. The van der Waals surface area contributed by atoms with Gasteiger partial charge in [-0.05, 0) is 22.4 Å². The van der Waals surface area contributed by atoms with Crippen LogP contribution in [0.5, 0.6) is 0 Å². The van der Waals surface area contributed by atoms with E-state index in [0.29, 0.717) is 6.54 Å². The topological polar surface area (TPSA) is 69.6 Å². The van der Waals surface area contributed by atoms with Crippen molar-refractivity contribution < 1.29 is 14.7 Å². The van der Waals surface area contributed by atoms with Crippen molar-refractivity contribution in [2.75, 3.05) is 13.1 Å². The van der Waals surface area contributed by atoms with Crippen molar-refractivity contribution in [3.8, 4) is 0 Å². The normalized spacial score (nSPS) is 20.0. The monoisotopic (exact) mass is 290 g/mol. The molecule has 5 nitrogen and oxygen atoms in total. The molecule has 1 aromatic carbocycles.